The number of carbonyl (C=O) groups is 2. The van der Waals surface area contributed by atoms with E-state index in [0.29, 0.717) is 24.5 Å². The van der Waals surface area contributed by atoms with Crippen molar-refractivity contribution in [2.45, 2.75) is 37.8 Å². The molecule has 0 unspecified atom stereocenters. The number of anilines is 1. The van der Waals surface area contributed by atoms with Gasteiger partial charge in [-0.25, -0.2) is 8.42 Å². The van der Waals surface area contributed by atoms with Gasteiger partial charge < -0.3 is 19.7 Å². The van der Waals surface area contributed by atoms with Gasteiger partial charge in [0.1, 0.15) is 24.1 Å². The molecule has 1 N–H and O–H groups in total. The Morgan fingerprint density at radius 1 is 0.923 bits per heavy atom. The Balaban J connectivity index is 2.08. The first-order valence-electron chi connectivity index (χ1n) is 12.7. The molecule has 0 bridgehead atoms. The van der Waals surface area contributed by atoms with E-state index in [4.69, 9.17) is 9.47 Å². The Morgan fingerprint density at radius 3 is 2.15 bits per heavy atom. The quantitative estimate of drug-likeness (QED) is 0.345. The third-order valence-electron chi connectivity index (χ3n) is 6.19. The van der Waals surface area contributed by atoms with Crippen LogP contribution in [-0.4, -0.2) is 58.5 Å². The molecule has 0 fully saturated rings. The van der Waals surface area contributed by atoms with Crippen molar-refractivity contribution in [3.63, 3.8) is 0 Å². The predicted molar refractivity (Wildman–Crippen MR) is 150 cm³/mol. The molecule has 39 heavy (non-hydrogen) atoms. The number of hydrogen-bond acceptors (Lipinski definition) is 6. The second-order valence-electron chi connectivity index (χ2n) is 8.63. The van der Waals surface area contributed by atoms with E-state index in [1.807, 2.05) is 0 Å². The van der Waals surface area contributed by atoms with Crippen molar-refractivity contribution < 1.29 is 27.5 Å². The van der Waals surface area contributed by atoms with Gasteiger partial charge in [-0.15, -0.1) is 0 Å². The summed E-state index contributed by atoms with van der Waals surface area (Å²) in [7, 11) is -1.11. The number of ether oxygens (including phenoxy) is 2. The van der Waals surface area contributed by atoms with E-state index in [1.54, 1.807) is 87.7 Å². The van der Waals surface area contributed by atoms with Crippen LogP contribution in [0.5, 0.6) is 11.5 Å². The van der Waals surface area contributed by atoms with E-state index in [9.17, 15) is 18.0 Å². The molecular weight excluding hydrogens is 518 g/mol. The molecule has 0 aliphatic carbocycles. The zero-order valence-corrected chi connectivity index (χ0v) is 23.5. The van der Waals surface area contributed by atoms with Gasteiger partial charge in [0.2, 0.25) is 11.8 Å². The van der Waals surface area contributed by atoms with Crippen LogP contribution in [0.15, 0.2) is 83.8 Å². The summed E-state index contributed by atoms with van der Waals surface area (Å²) in [4.78, 5) is 28.3. The Kier molecular flexibility index (Phi) is 10.3. The van der Waals surface area contributed by atoms with Crippen molar-refractivity contribution in [3.8, 4) is 11.5 Å². The second-order valence-corrected chi connectivity index (χ2v) is 10.5. The van der Waals surface area contributed by atoms with Gasteiger partial charge >= 0.3 is 0 Å². The number of nitrogens with zero attached hydrogens (tertiary/aromatic N) is 2. The summed E-state index contributed by atoms with van der Waals surface area (Å²) in [6.45, 7) is 3.47. The number of carbonyl (C=O) groups excluding carboxylic acids is 2. The van der Waals surface area contributed by atoms with Gasteiger partial charge in [0.05, 0.1) is 24.3 Å². The number of sulfonamides is 1. The minimum atomic E-state index is -4.17. The molecule has 0 aromatic heterocycles. The standard InChI is InChI=1S/C29H35N3O6S/c1-5-25(29(34)30-3)31(20-22-16-18-23(37-4)19-17-22)28(33)21-32(26-14-10-11-15-27(26)38-6-2)39(35,36)24-12-8-7-9-13-24/h7-19,25H,5-6,20-21H2,1-4H3,(H,30,34)/t25-/m1/s1. The van der Waals surface area contributed by atoms with Crippen LogP contribution in [0.1, 0.15) is 25.8 Å². The van der Waals surface area contributed by atoms with Gasteiger partial charge in [-0.05, 0) is 55.3 Å². The topological polar surface area (TPSA) is 105 Å². The largest absolute Gasteiger partial charge is 0.497 e. The van der Waals surface area contributed by atoms with Crippen LogP contribution in [0.2, 0.25) is 0 Å². The van der Waals surface area contributed by atoms with Gasteiger partial charge in [0.25, 0.3) is 10.0 Å². The summed E-state index contributed by atoms with van der Waals surface area (Å²) < 4.78 is 39.8. The van der Waals surface area contributed by atoms with Gasteiger partial charge in [-0.1, -0.05) is 49.4 Å². The van der Waals surface area contributed by atoms with Crippen molar-refractivity contribution in [2.24, 2.45) is 0 Å². The molecule has 3 aromatic rings. The van der Waals surface area contributed by atoms with Crippen LogP contribution >= 0.6 is 0 Å². The van der Waals surface area contributed by atoms with E-state index < -0.39 is 28.5 Å². The first kappa shape index (κ1) is 29.5. The van der Waals surface area contributed by atoms with Crippen molar-refractivity contribution in [1.29, 1.82) is 0 Å². The van der Waals surface area contributed by atoms with Gasteiger partial charge in [-0.2, -0.15) is 0 Å². The lowest BCUT2D eigenvalue weighted by atomic mass is 10.1. The first-order chi connectivity index (χ1) is 18.8. The SMILES string of the molecule is CCOc1ccccc1N(CC(=O)N(Cc1ccc(OC)cc1)[C@H](CC)C(=O)NC)S(=O)(=O)c1ccccc1. The maximum atomic E-state index is 14.0. The molecule has 0 radical (unpaired) electrons. The molecule has 208 valence electrons. The van der Waals surface area contributed by atoms with E-state index in [1.165, 1.54) is 24.1 Å². The maximum Gasteiger partial charge on any atom is 0.264 e. The molecule has 3 rings (SSSR count). The number of amides is 2. The zero-order valence-electron chi connectivity index (χ0n) is 22.7. The molecule has 0 spiro atoms. The molecule has 0 saturated carbocycles. The van der Waals surface area contributed by atoms with Crippen LogP contribution in [0, 0.1) is 0 Å². The summed E-state index contributed by atoms with van der Waals surface area (Å²) >= 11 is 0. The van der Waals surface area contributed by atoms with E-state index >= 15 is 0 Å². The maximum absolute atomic E-state index is 14.0. The van der Waals surface area contributed by atoms with E-state index in [2.05, 4.69) is 5.32 Å². The van der Waals surface area contributed by atoms with Gasteiger partial charge in [-0.3, -0.25) is 13.9 Å². The van der Waals surface area contributed by atoms with Crippen LogP contribution in [0.25, 0.3) is 0 Å². The molecule has 10 heteroatoms. The number of hydrogen-bond donors (Lipinski definition) is 1. The minimum absolute atomic E-state index is 0.0316. The average Bonchev–Trinajstić information content (AvgIpc) is 2.96. The summed E-state index contributed by atoms with van der Waals surface area (Å²) in [6.07, 6.45) is 0.336. The summed E-state index contributed by atoms with van der Waals surface area (Å²) in [5.41, 5.74) is 0.993. The third-order valence-corrected chi connectivity index (χ3v) is 7.96. The molecule has 2 amide bonds. The number of para-hydroxylation sites is 2. The van der Waals surface area contributed by atoms with Crippen molar-refractivity contribution in [1.82, 2.24) is 10.2 Å². The number of methoxy groups -OCH3 is 1. The molecule has 9 nitrogen and oxygen atoms in total. The highest BCUT2D eigenvalue weighted by molar-refractivity contribution is 7.92. The van der Waals surface area contributed by atoms with Crippen LogP contribution in [-0.2, 0) is 26.2 Å². The van der Waals surface area contributed by atoms with Crippen LogP contribution < -0.4 is 19.1 Å². The summed E-state index contributed by atoms with van der Waals surface area (Å²) in [6, 6.07) is 20.9. The Bertz CT molecular complexity index is 1350. The van der Waals surface area contributed by atoms with Crippen molar-refractivity contribution in [2.75, 3.05) is 31.6 Å². The predicted octanol–water partition coefficient (Wildman–Crippen LogP) is 3.84. The lowest BCUT2D eigenvalue weighted by Crippen LogP contribution is -2.51. The Labute approximate surface area is 230 Å². The Morgan fingerprint density at radius 2 is 1.56 bits per heavy atom. The monoisotopic (exact) mass is 553 g/mol. The van der Waals surface area contributed by atoms with E-state index in [-0.39, 0.29) is 23.0 Å². The fourth-order valence-corrected chi connectivity index (χ4v) is 5.63. The molecule has 1 atom stereocenters. The molecule has 0 heterocycles. The smallest absolute Gasteiger partial charge is 0.264 e. The normalized spacial score (nSPS) is 11.8. The van der Waals surface area contributed by atoms with Gasteiger partial charge in [0.15, 0.2) is 0 Å². The fraction of sp³-hybridized carbons (Fsp3) is 0.310. The number of rotatable bonds is 13. The molecule has 0 saturated heterocycles. The van der Waals surface area contributed by atoms with Crippen molar-refractivity contribution in [3.05, 3.63) is 84.4 Å². The van der Waals surface area contributed by atoms with Crippen LogP contribution in [0.4, 0.5) is 5.69 Å². The summed E-state index contributed by atoms with van der Waals surface area (Å²) in [5, 5.41) is 2.62. The lowest BCUT2D eigenvalue weighted by molar-refractivity contribution is -0.140. The molecular formula is C29H35N3O6S. The number of nitrogens with one attached hydrogen (secondary N) is 1. The highest BCUT2D eigenvalue weighted by atomic mass is 32.2. The van der Waals surface area contributed by atoms with E-state index in [0.717, 1.165) is 9.87 Å². The molecule has 0 aliphatic rings. The first-order valence-corrected chi connectivity index (χ1v) is 14.1. The van der Waals surface area contributed by atoms with Crippen LogP contribution in [0.3, 0.4) is 0 Å². The fourth-order valence-electron chi connectivity index (χ4n) is 4.19. The summed E-state index contributed by atoms with van der Waals surface area (Å²) in [5.74, 6) is 0.105. The highest BCUT2D eigenvalue weighted by Gasteiger charge is 2.34. The number of benzene rings is 3. The zero-order chi connectivity index (χ0) is 28.4. The van der Waals surface area contributed by atoms with Crippen molar-refractivity contribution >= 4 is 27.5 Å². The number of likely N-dealkylation sites (N-methyl/N-ethyl adjacent to an activating group) is 1. The minimum Gasteiger partial charge on any atom is -0.497 e. The third kappa shape index (κ3) is 7.08. The highest BCUT2D eigenvalue weighted by Crippen LogP contribution is 2.33. The molecule has 0 aliphatic heterocycles. The average molecular weight is 554 g/mol. The van der Waals surface area contributed by atoms with Gasteiger partial charge in [0, 0.05) is 13.6 Å². The molecule has 3 aromatic carbocycles. The lowest BCUT2D eigenvalue weighted by Gasteiger charge is -2.33. The second kappa shape index (κ2) is 13.7. The Hall–Kier alpha value is -4.05.